The molecule has 0 aromatic carbocycles. The van der Waals surface area contributed by atoms with Crippen molar-refractivity contribution in [3.05, 3.63) is 16.5 Å². The predicted molar refractivity (Wildman–Crippen MR) is 64.3 cm³/mol. The lowest BCUT2D eigenvalue weighted by atomic mass is 9.95. The summed E-state index contributed by atoms with van der Waals surface area (Å²) in [6.45, 7) is 2.00. The second-order valence-corrected chi connectivity index (χ2v) is 5.09. The standard InChI is InChI=1S/C12H16N2S/c1-9-8-15-12(11(9)7-13)14-10-5-3-2-4-6-10/h8,10,14H,2-6H2,1H3. The number of nitrogens with one attached hydrogen (secondary N) is 1. The van der Waals surface area contributed by atoms with Crippen LogP contribution in [0, 0.1) is 18.3 Å². The molecule has 0 saturated heterocycles. The third kappa shape index (κ3) is 2.32. The van der Waals surface area contributed by atoms with Crippen molar-refractivity contribution in [2.75, 3.05) is 5.32 Å². The van der Waals surface area contributed by atoms with E-state index in [1.807, 2.05) is 6.92 Å². The maximum Gasteiger partial charge on any atom is 0.107 e. The molecule has 1 aromatic heterocycles. The van der Waals surface area contributed by atoms with E-state index in [4.69, 9.17) is 5.26 Å². The summed E-state index contributed by atoms with van der Waals surface area (Å²) in [4.78, 5) is 0. The highest BCUT2D eigenvalue weighted by Gasteiger charge is 2.16. The number of thiophene rings is 1. The Labute approximate surface area is 94.9 Å². The van der Waals surface area contributed by atoms with E-state index in [9.17, 15) is 0 Å². The first-order valence-corrected chi connectivity index (χ1v) is 6.44. The van der Waals surface area contributed by atoms with E-state index >= 15 is 0 Å². The molecule has 3 heteroatoms. The van der Waals surface area contributed by atoms with Gasteiger partial charge in [0.1, 0.15) is 11.1 Å². The quantitative estimate of drug-likeness (QED) is 0.825. The Morgan fingerprint density at radius 2 is 2.13 bits per heavy atom. The minimum Gasteiger partial charge on any atom is -0.373 e. The molecule has 0 spiro atoms. The first-order chi connectivity index (χ1) is 7.31. The number of nitriles is 1. The smallest absolute Gasteiger partial charge is 0.107 e. The van der Waals surface area contributed by atoms with Gasteiger partial charge in [0, 0.05) is 6.04 Å². The molecule has 1 N–H and O–H groups in total. The van der Waals surface area contributed by atoms with Crippen LogP contribution in [0.15, 0.2) is 5.38 Å². The van der Waals surface area contributed by atoms with Gasteiger partial charge in [-0.1, -0.05) is 19.3 Å². The topological polar surface area (TPSA) is 35.8 Å². The van der Waals surface area contributed by atoms with Crippen LogP contribution in [0.3, 0.4) is 0 Å². The molecule has 1 fully saturated rings. The fourth-order valence-corrected chi connectivity index (χ4v) is 3.09. The monoisotopic (exact) mass is 220 g/mol. The van der Waals surface area contributed by atoms with Gasteiger partial charge in [-0.15, -0.1) is 11.3 Å². The largest absolute Gasteiger partial charge is 0.373 e. The Morgan fingerprint density at radius 1 is 1.40 bits per heavy atom. The van der Waals surface area contributed by atoms with Crippen LogP contribution in [0.1, 0.15) is 43.2 Å². The number of aryl methyl sites for hydroxylation is 1. The van der Waals surface area contributed by atoms with Gasteiger partial charge in [-0.05, 0) is 30.7 Å². The molecule has 1 heterocycles. The van der Waals surface area contributed by atoms with Crippen LogP contribution >= 0.6 is 11.3 Å². The summed E-state index contributed by atoms with van der Waals surface area (Å²) in [5, 5.41) is 15.7. The van der Waals surface area contributed by atoms with Gasteiger partial charge in [-0.25, -0.2) is 0 Å². The fourth-order valence-electron chi connectivity index (χ4n) is 2.12. The van der Waals surface area contributed by atoms with E-state index in [0.29, 0.717) is 6.04 Å². The molecule has 1 aliphatic carbocycles. The molecule has 15 heavy (non-hydrogen) atoms. The first-order valence-electron chi connectivity index (χ1n) is 5.56. The van der Waals surface area contributed by atoms with Crippen LogP contribution < -0.4 is 5.32 Å². The van der Waals surface area contributed by atoms with Gasteiger partial charge in [-0.2, -0.15) is 5.26 Å². The van der Waals surface area contributed by atoms with E-state index in [0.717, 1.165) is 16.1 Å². The Morgan fingerprint density at radius 3 is 2.80 bits per heavy atom. The van der Waals surface area contributed by atoms with E-state index < -0.39 is 0 Å². The molecular weight excluding hydrogens is 204 g/mol. The molecule has 2 nitrogen and oxygen atoms in total. The predicted octanol–water partition coefficient (Wildman–Crippen LogP) is 3.67. The third-order valence-electron chi connectivity index (χ3n) is 3.03. The number of nitrogens with zero attached hydrogens (tertiary/aromatic N) is 1. The fraction of sp³-hybridized carbons (Fsp3) is 0.583. The molecule has 0 amide bonds. The highest BCUT2D eigenvalue weighted by molar-refractivity contribution is 7.14. The van der Waals surface area contributed by atoms with Crippen molar-refractivity contribution in [2.24, 2.45) is 0 Å². The summed E-state index contributed by atoms with van der Waals surface area (Å²) in [5.41, 5.74) is 1.94. The summed E-state index contributed by atoms with van der Waals surface area (Å²) >= 11 is 1.66. The summed E-state index contributed by atoms with van der Waals surface area (Å²) in [6.07, 6.45) is 6.52. The van der Waals surface area contributed by atoms with E-state index in [1.54, 1.807) is 11.3 Å². The van der Waals surface area contributed by atoms with Gasteiger partial charge in [0.05, 0.1) is 5.56 Å². The molecule has 0 atom stereocenters. The van der Waals surface area contributed by atoms with E-state index in [1.165, 1.54) is 32.1 Å². The Bertz CT molecular complexity index is 369. The Balaban J connectivity index is 2.06. The van der Waals surface area contributed by atoms with Gasteiger partial charge in [0.2, 0.25) is 0 Å². The lowest BCUT2D eigenvalue weighted by molar-refractivity contribution is 0.463. The van der Waals surface area contributed by atoms with Crippen LogP contribution in [0.2, 0.25) is 0 Å². The van der Waals surface area contributed by atoms with Gasteiger partial charge in [0.25, 0.3) is 0 Å². The van der Waals surface area contributed by atoms with Crippen molar-refractivity contribution in [3.8, 4) is 6.07 Å². The SMILES string of the molecule is Cc1csc(NC2CCCCC2)c1C#N. The maximum atomic E-state index is 9.03. The lowest BCUT2D eigenvalue weighted by Gasteiger charge is -2.23. The van der Waals surface area contributed by atoms with Crippen molar-refractivity contribution in [1.29, 1.82) is 5.26 Å². The minimum absolute atomic E-state index is 0.587. The molecule has 2 rings (SSSR count). The molecule has 1 aliphatic rings. The second-order valence-electron chi connectivity index (χ2n) is 4.21. The zero-order chi connectivity index (χ0) is 10.7. The average molecular weight is 220 g/mol. The maximum absolute atomic E-state index is 9.03. The highest BCUT2D eigenvalue weighted by Crippen LogP contribution is 2.30. The Hall–Kier alpha value is -1.01. The zero-order valence-corrected chi connectivity index (χ0v) is 9.86. The third-order valence-corrected chi connectivity index (χ3v) is 4.06. The van der Waals surface area contributed by atoms with Crippen molar-refractivity contribution in [2.45, 2.75) is 45.1 Å². The summed E-state index contributed by atoms with van der Waals surface area (Å²) in [6, 6.07) is 2.87. The van der Waals surface area contributed by atoms with Crippen LogP contribution in [0.5, 0.6) is 0 Å². The molecule has 0 unspecified atom stereocenters. The first kappa shape index (κ1) is 10.5. The van der Waals surface area contributed by atoms with Crippen molar-refractivity contribution < 1.29 is 0 Å². The summed E-state index contributed by atoms with van der Waals surface area (Å²) in [7, 11) is 0. The van der Waals surface area contributed by atoms with Gasteiger partial charge in [-0.3, -0.25) is 0 Å². The number of rotatable bonds is 2. The van der Waals surface area contributed by atoms with E-state index in [2.05, 4.69) is 16.8 Å². The molecule has 1 saturated carbocycles. The van der Waals surface area contributed by atoms with Crippen molar-refractivity contribution in [1.82, 2.24) is 0 Å². The van der Waals surface area contributed by atoms with Crippen LogP contribution in [0.4, 0.5) is 5.00 Å². The van der Waals surface area contributed by atoms with Crippen LogP contribution in [-0.2, 0) is 0 Å². The molecule has 0 bridgehead atoms. The highest BCUT2D eigenvalue weighted by atomic mass is 32.1. The molecule has 80 valence electrons. The van der Waals surface area contributed by atoms with Crippen LogP contribution in [-0.4, -0.2) is 6.04 Å². The van der Waals surface area contributed by atoms with Gasteiger partial charge < -0.3 is 5.32 Å². The second kappa shape index (κ2) is 4.67. The summed E-state index contributed by atoms with van der Waals surface area (Å²) in [5.74, 6) is 0. The number of anilines is 1. The minimum atomic E-state index is 0.587. The van der Waals surface area contributed by atoms with Crippen molar-refractivity contribution in [3.63, 3.8) is 0 Å². The molecule has 0 aliphatic heterocycles. The molecular formula is C12H16N2S. The zero-order valence-electron chi connectivity index (χ0n) is 9.05. The molecule has 0 radical (unpaired) electrons. The molecule has 1 aromatic rings. The average Bonchev–Trinajstić information content (AvgIpc) is 2.61. The number of hydrogen-bond acceptors (Lipinski definition) is 3. The summed E-state index contributed by atoms with van der Waals surface area (Å²) < 4.78 is 0. The van der Waals surface area contributed by atoms with Crippen molar-refractivity contribution >= 4 is 16.3 Å². The number of hydrogen-bond donors (Lipinski definition) is 1. The van der Waals surface area contributed by atoms with Crippen LogP contribution in [0.25, 0.3) is 0 Å². The van der Waals surface area contributed by atoms with E-state index in [-0.39, 0.29) is 0 Å². The van der Waals surface area contributed by atoms with Gasteiger partial charge in [0.15, 0.2) is 0 Å². The lowest BCUT2D eigenvalue weighted by Crippen LogP contribution is -2.22. The normalized spacial score (nSPS) is 17.3. The Kier molecular flexibility index (Phi) is 3.27. The van der Waals surface area contributed by atoms with Gasteiger partial charge >= 0.3 is 0 Å².